The second-order valence-corrected chi connectivity index (χ2v) is 8.11. The Kier molecular flexibility index (Phi) is 19.4. The average Bonchev–Trinajstić information content (AvgIpc) is 2.66. The molecule has 3 aromatic rings. The summed E-state index contributed by atoms with van der Waals surface area (Å²) in [6.07, 6.45) is 4.00. The van der Waals surface area contributed by atoms with Crippen molar-refractivity contribution in [2.45, 2.75) is 27.7 Å². The van der Waals surface area contributed by atoms with Gasteiger partial charge in [-0.25, -0.2) is 0 Å². The van der Waals surface area contributed by atoms with Gasteiger partial charge in [-0.15, -0.1) is 0 Å². The van der Waals surface area contributed by atoms with E-state index in [0.717, 1.165) is 0 Å². The summed E-state index contributed by atoms with van der Waals surface area (Å²) in [5.41, 5.74) is 0. The first-order chi connectivity index (χ1) is 12.3. The van der Waals surface area contributed by atoms with Gasteiger partial charge in [0.1, 0.15) is 0 Å². The molecule has 0 aromatic heterocycles. The maximum Gasteiger partial charge on any atom is 1.00 e. The SMILES string of the molecule is C[CH-]C.C[CH-]C.[Li+].[Zn].c1ccc([Si](c2ccccc2)c2ccccc2)cc1. The van der Waals surface area contributed by atoms with E-state index in [9.17, 15) is 0 Å². The van der Waals surface area contributed by atoms with Gasteiger partial charge in [-0.3, -0.25) is 0 Å². The Morgan fingerprint density at radius 3 is 0.852 bits per heavy atom. The molecule has 0 aliphatic carbocycles. The molecule has 27 heavy (non-hydrogen) atoms. The largest absolute Gasteiger partial charge is 1.00 e. The summed E-state index contributed by atoms with van der Waals surface area (Å²) < 4.78 is 0. The molecule has 0 spiro atoms. The molecule has 0 heterocycles. The quantitative estimate of drug-likeness (QED) is 0.345. The Morgan fingerprint density at radius 2 is 0.667 bits per heavy atom. The minimum Gasteiger partial charge on any atom is -0.335 e. The Morgan fingerprint density at radius 1 is 0.481 bits per heavy atom. The van der Waals surface area contributed by atoms with Crippen LogP contribution in [0.3, 0.4) is 0 Å². The first kappa shape index (κ1) is 28.3. The van der Waals surface area contributed by atoms with Crippen molar-refractivity contribution in [1.82, 2.24) is 0 Å². The molecule has 0 nitrogen and oxygen atoms in total. The summed E-state index contributed by atoms with van der Waals surface area (Å²) in [7, 11) is -0.877. The van der Waals surface area contributed by atoms with Crippen LogP contribution in [0.15, 0.2) is 91.0 Å². The van der Waals surface area contributed by atoms with Gasteiger partial charge in [0.15, 0.2) is 8.80 Å². The zero-order valence-corrected chi connectivity index (χ0v) is 21.5. The normalized spacial score (nSPS) is 8.78. The van der Waals surface area contributed by atoms with Crippen LogP contribution < -0.4 is 34.4 Å². The molecule has 0 aliphatic heterocycles. The Hall–Kier alpha value is -0.902. The van der Waals surface area contributed by atoms with Crippen molar-refractivity contribution in [1.29, 1.82) is 0 Å². The zero-order valence-electron chi connectivity index (χ0n) is 17.5. The Bertz CT molecular complexity index is 564. The molecule has 0 saturated heterocycles. The molecule has 1 radical (unpaired) electrons. The van der Waals surface area contributed by atoms with E-state index in [4.69, 9.17) is 0 Å². The molecule has 0 N–H and O–H groups in total. The van der Waals surface area contributed by atoms with E-state index in [-0.39, 0.29) is 38.3 Å². The molecular weight excluding hydrogens is 389 g/mol. The maximum absolute atomic E-state index is 2.24. The molecule has 0 aliphatic rings. The van der Waals surface area contributed by atoms with Crippen molar-refractivity contribution >= 4 is 24.4 Å². The predicted molar refractivity (Wildman–Crippen MR) is 115 cm³/mol. The van der Waals surface area contributed by atoms with Gasteiger partial charge >= 0.3 is 18.9 Å². The van der Waals surface area contributed by atoms with Crippen LogP contribution in [0.25, 0.3) is 0 Å². The van der Waals surface area contributed by atoms with Crippen molar-refractivity contribution in [3.63, 3.8) is 0 Å². The van der Waals surface area contributed by atoms with Gasteiger partial charge in [0.2, 0.25) is 0 Å². The van der Waals surface area contributed by atoms with E-state index in [0.29, 0.717) is 0 Å². The zero-order chi connectivity index (χ0) is 18.3. The smallest absolute Gasteiger partial charge is 0.335 e. The van der Waals surface area contributed by atoms with Crippen LogP contribution in [0.5, 0.6) is 0 Å². The third-order valence-electron chi connectivity index (χ3n) is 3.19. The average molecular weight is 418 g/mol. The topological polar surface area (TPSA) is 0 Å². The molecule has 0 fully saturated rings. The van der Waals surface area contributed by atoms with Crippen molar-refractivity contribution in [2.75, 3.05) is 0 Å². The first-order valence-corrected chi connectivity index (χ1v) is 10.3. The standard InChI is InChI=1S/C18H15Si.2C3H7.Li.Zn/c1-4-10-16(11-5-1)19(17-12-6-2-7-13-17)18-14-8-3-9-15-18;2*1-3-2;;/h1-15H;2*3H,1-2H3;;/q;2*-1;+1;. The summed E-state index contributed by atoms with van der Waals surface area (Å²) >= 11 is 0. The fraction of sp³-hybridized carbons (Fsp3) is 0.167. The minimum atomic E-state index is -0.877. The first-order valence-electron chi connectivity index (χ1n) is 8.79. The Labute approximate surface area is 193 Å². The second-order valence-electron chi connectivity index (χ2n) is 5.63. The van der Waals surface area contributed by atoms with Gasteiger partial charge in [-0.1, -0.05) is 107 Å². The molecule has 0 atom stereocenters. The fourth-order valence-corrected chi connectivity index (χ4v) is 4.89. The van der Waals surface area contributed by atoms with Gasteiger partial charge in [-0.05, 0) is 0 Å². The van der Waals surface area contributed by atoms with Gasteiger partial charge < -0.3 is 12.8 Å². The summed E-state index contributed by atoms with van der Waals surface area (Å²) in [5.74, 6) is 0. The van der Waals surface area contributed by atoms with Crippen LogP contribution in [0.1, 0.15) is 27.7 Å². The number of benzene rings is 3. The van der Waals surface area contributed by atoms with E-state index < -0.39 is 8.80 Å². The van der Waals surface area contributed by atoms with Crippen LogP contribution in [0, 0.1) is 12.8 Å². The van der Waals surface area contributed by atoms with Crippen LogP contribution >= 0.6 is 0 Å². The fourth-order valence-electron chi connectivity index (χ4n) is 2.31. The van der Waals surface area contributed by atoms with Crippen molar-refractivity contribution in [3.8, 4) is 0 Å². The molecule has 3 heteroatoms. The van der Waals surface area contributed by atoms with E-state index in [1.165, 1.54) is 15.6 Å². The third-order valence-corrected chi connectivity index (χ3v) is 5.92. The molecule has 133 valence electrons. The number of hydrogen-bond acceptors (Lipinski definition) is 0. The van der Waals surface area contributed by atoms with Crippen LogP contribution in [0.2, 0.25) is 0 Å². The summed E-state index contributed by atoms with van der Waals surface area (Å²) in [4.78, 5) is 0. The van der Waals surface area contributed by atoms with Crippen molar-refractivity contribution < 1.29 is 38.3 Å². The maximum atomic E-state index is 2.24. The van der Waals surface area contributed by atoms with Crippen LogP contribution in [-0.2, 0) is 19.5 Å². The molecule has 0 saturated carbocycles. The summed E-state index contributed by atoms with van der Waals surface area (Å²) in [6, 6.07) is 32.5. The Balaban J connectivity index is 0. The van der Waals surface area contributed by atoms with Crippen LogP contribution in [-0.4, -0.2) is 8.80 Å². The van der Waals surface area contributed by atoms with E-state index in [2.05, 4.69) is 91.0 Å². The van der Waals surface area contributed by atoms with E-state index in [1.807, 2.05) is 40.5 Å². The van der Waals surface area contributed by atoms with Crippen LogP contribution in [0.4, 0.5) is 0 Å². The number of hydrogen-bond donors (Lipinski definition) is 0. The molecule has 0 amide bonds. The second kappa shape index (κ2) is 18.5. The van der Waals surface area contributed by atoms with E-state index >= 15 is 0 Å². The van der Waals surface area contributed by atoms with Gasteiger partial charge in [0.25, 0.3) is 0 Å². The summed E-state index contributed by atoms with van der Waals surface area (Å²) in [5, 5.41) is 4.31. The van der Waals surface area contributed by atoms with Gasteiger partial charge in [0, 0.05) is 19.5 Å². The molecule has 3 rings (SSSR count). The third kappa shape index (κ3) is 10.9. The van der Waals surface area contributed by atoms with Crippen molar-refractivity contribution in [3.05, 3.63) is 104 Å². The molecule has 3 aromatic carbocycles. The van der Waals surface area contributed by atoms with Gasteiger partial charge in [-0.2, -0.15) is 27.7 Å². The monoisotopic (exact) mass is 416 g/mol. The van der Waals surface area contributed by atoms with E-state index in [1.54, 1.807) is 0 Å². The molecule has 0 unspecified atom stereocenters. The van der Waals surface area contributed by atoms with Crippen molar-refractivity contribution in [2.24, 2.45) is 0 Å². The minimum absolute atomic E-state index is 0. The summed E-state index contributed by atoms with van der Waals surface area (Å²) in [6.45, 7) is 8.00. The predicted octanol–water partition coefficient (Wildman–Crippen LogP) is 1.67. The number of rotatable bonds is 3. The molecule has 0 bridgehead atoms. The van der Waals surface area contributed by atoms with Gasteiger partial charge in [0.05, 0.1) is 0 Å². The molecular formula is C24H29LiSiZn-.